The molecule has 2 fully saturated rings. The first-order valence-electron chi connectivity index (χ1n) is 9.27. The molecule has 4 atom stereocenters. The maximum Gasteiger partial charge on any atom is 0.315 e. The third-order valence-corrected chi connectivity index (χ3v) is 4.91. The van der Waals surface area contributed by atoms with Crippen LogP contribution < -0.4 is 10.6 Å². The number of nitrogens with one attached hydrogen (secondary N) is 2. The molecule has 2 aromatic rings. The Labute approximate surface area is 163 Å². The van der Waals surface area contributed by atoms with Gasteiger partial charge >= 0.3 is 6.03 Å². The normalized spacial score (nSPS) is 25.5. The number of amides is 2. The molecule has 5 nitrogen and oxygen atoms in total. The fourth-order valence-corrected chi connectivity index (χ4v) is 3.45. The van der Waals surface area contributed by atoms with Crippen molar-refractivity contribution >= 4 is 6.03 Å². The van der Waals surface area contributed by atoms with Crippen LogP contribution in [0.3, 0.4) is 0 Å². The van der Waals surface area contributed by atoms with Crippen molar-refractivity contribution in [2.24, 2.45) is 5.92 Å². The first kappa shape index (κ1) is 18.5. The predicted molar refractivity (Wildman–Crippen MR) is 102 cm³/mol. The number of urea groups is 1. The molecule has 0 aromatic heterocycles. The van der Waals surface area contributed by atoms with Crippen LogP contribution in [0.1, 0.15) is 11.1 Å². The van der Waals surface area contributed by atoms with Gasteiger partial charge in [-0.3, -0.25) is 0 Å². The Balaban J connectivity index is 1.29. The van der Waals surface area contributed by atoms with E-state index in [0.29, 0.717) is 19.8 Å². The largest absolute Gasteiger partial charge is 0.372 e. The number of hydrogen-bond acceptors (Lipinski definition) is 3. The highest BCUT2D eigenvalue weighted by Crippen LogP contribution is 2.30. The Bertz CT molecular complexity index is 876. The molecule has 0 unspecified atom stereocenters. The third-order valence-electron chi connectivity index (χ3n) is 4.91. The second-order valence-electron chi connectivity index (χ2n) is 6.90. The van der Waals surface area contributed by atoms with Crippen molar-refractivity contribution < 1.29 is 18.7 Å². The minimum atomic E-state index is -0.305. The maximum atomic E-state index is 12.9. The standard InChI is InChI=1S/C22H21FN2O3/c23-18-10-7-16(8-11-18)12-24-22(26)25-19-14-28-20-17(13-27-21(19)20)9-6-15-4-2-1-3-5-15/h1-5,7-8,10-11,17,19-21H,12-14H2,(H2,24,25,26)/t17-,19+,20+,21-/m1/s1. The summed E-state index contributed by atoms with van der Waals surface area (Å²) < 4.78 is 24.6. The Morgan fingerprint density at radius 3 is 2.57 bits per heavy atom. The summed E-state index contributed by atoms with van der Waals surface area (Å²) >= 11 is 0. The molecule has 144 valence electrons. The molecule has 28 heavy (non-hydrogen) atoms. The topological polar surface area (TPSA) is 59.6 Å². The van der Waals surface area contributed by atoms with Gasteiger partial charge in [0.25, 0.3) is 0 Å². The number of rotatable bonds is 3. The smallest absolute Gasteiger partial charge is 0.315 e. The summed E-state index contributed by atoms with van der Waals surface area (Å²) in [6, 6.07) is 15.3. The molecule has 0 radical (unpaired) electrons. The number of hydrogen-bond donors (Lipinski definition) is 2. The van der Waals surface area contributed by atoms with Crippen LogP contribution in [0.4, 0.5) is 9.18 Å². The number of benzene rings is 2. The van der Waals surface area contributed by atoms with Crippen LogP contribution in [0.15, 0.2) is 54.6 Å². The zero-order valence-corrected chi connectivity index (χ0v) is 15.2. The zero-order valence-electron chi connectivity index (χ0n) is 15.2. The van der Waals surface area contributed by atoms with Crippen LogP contribution in [0.2, 0.25) is 0 Å². The van der Waals surface area contributed by atoms with Crippen molar-refractivity contribution in [2.45, 2.75) is 24.8 Å². The second kappa shape index (κ2) is 8.42. The van der Waals surface area contributed by atoms with E-state index in [1.807, 2.05) is 30.3 Å². The van der Waals surface area contributed by atoms with Gasteiger partial charge in [-0.25, -0.2) is 9.18 Å². The second-order valence-corrected chi connectivity index (χ2v) is 6.90. The van der Waals surface area contributed by atoms with Crippen LogP contribution in [0, 0.1) is 23.6 Å². The van der Waals surface area contributed by atoms with Crippen LogP contribution in [0.25, 0.3) is 0 Å². The van der Waals surface area contributed by atoms with Gasteiger partial charge in [0.15, 0.2) is 0 Å². The van der Waals surface area contributed by atoms with Gasteiger partial charge < -0.3 is 20.1 Å². The monoisotopic (exact) mass is 380 g/mol. The summed E-state index contributed by atoms with van der Waals surface area (Å²) in [5.74, 6) is 6.08. The third kappa shape index (κ3) is 4.33. The molecule has 6 heteroatoms. The quantitative estimate of drug-likeness (QED) is 0.805. The van der Waals surface area contributed by atoms with Gasteiger partial charge in [-0.2, -0.15) is 0 Å². The molecule has 0 bridgehead atoms. The summed E-state index contributed by atoms with van der Waals surface area (Å²) in [5.41, 5.74) is 1.78. The molecule has 2 amide bonds. The van der Waals surface area contributed by atoms with Crippen LogP contribution in [-0.2, 0) is 16.0 Å². The summed E-state index contributed by atoms with van der Waals surface area (Å²) in [6.07, 6.45) is -0.342. The molecule has 2 saturated heterocycles. The first-order chi connectivity index (χ1) is 13.7. The highest BCUT2D eigenvalue weighted by Gasteiger charge is 2.47. The molecule has 4 rings (SSSR count). The van der Waals surface area contributed by atoms with Crippen molar-refractivity contribution in [1.29, 1.82) is 0 Å². The predicted octanol–water partition coefficient (Wildman–Crippen LogP) is 2.46. The fraction of sp³-hybridized carbons (Fsp3) is 0.318. The number of ether oxygens (including phenoxy) is 2. The minimum absolute atomic E-state index is 0.0146. The average molecular weight is 380 g/mol. The lowest BCUT2D eigenvalue weighted by Gasteiger charge is -2.17. The SMILES string of the molecule is O=C(NCc1ccc(F)cc1)N[C@H]1CO[C@@H]2[C@@H]1OC[C@H]2C#Cc1ccccc1. The molecule has 2 aliphatic rings. The van der Waals surface area contributed by atoms with Gasteiger partial charge in [-0.15, -0.1) is 0 Å². The van der Waals surface area contributed by atoms with Gasteiger partial charge in [-0.05, 0) is 29.8 Å². The molecule has 0 spiro atoms. The molecule has 2 aliphatic heterocycles. The molecule has 2 aromatic carbocycles. The number of carbonyl (C=O) groups excluding carboxylic acids is 1. The Kier molecular flexibility index (Phi) is 5.56. The fourth-order valence-electron chi connectivity index (χ4n) is 3.45. The van der Waals surface area contributed by atoms with Crippen molar-refractivity contribution in [3.8, 4) is 11.8 Å². The summed E-state index contributed by atoms with van der Waals surface area (Å²) in [5, 5.41) is 5.68. The van der Waals surface area contributed by atoms with Gasteiger partial charge in [-0.1, -0.05) is 42.2 Å². The van der Waals surface area contributed by atoms with E-state index in [0.717, 1.165) is 11.1 Å². The van der Waals surface area contributed by atoms with E-state index in [4.69, 9.17) is 9.47 Å². The van der Waals surface area contributed by atoms with Gasteiger partial charge in [0.2, 0.25) is 0 Å². The van der Waals surface area contributed by atoms with Gasteiger partial charge in [0.1, 0.15) is 18.0 Å². The highest BCUT2D eigenvalue weighted by atomic mass is 19.1. The highest BCUT2D eigenvalue weighted by molar-refractivity contribution is 5.74. The van der Waals surface area contributed by atoms with Crippen molar-refractivity contribution in [2.75, 3.05) is 13.2 Å². The van der Waals surface area contributed by atoms with E-state index in [9.17, 15) is 9.18 Å². The Morgan fingerprint density at radius 2 is 1.79 bits per heavy atom. The molecule has 0 saturated carbocycles. The lowest BCUT2D eigenvalue weighted by molar-refractivity contribution is 0.0665. The van der Waals surface area contributed by atoms with Crippen LogP contribution in [-0.4, -0.2) is 37.5 Å². The number of fused-ring (bicyclic) bond motifs is 1. The molecule has 0 aliphatic carbocycles. The van der Waals surface area contributed by atoms with E-state index in [1.54, 1.807) is 12.1 Å². The molecule has 2 heterocycles. The lowest BCUT2D eigenvalue weighted by Crippen LogP contribution is -2.48. The molecular weight excluding hydrogens is 359 g/mol. The lowest BCUT2D eigenvalue weighted by atomic mass is 10.0. The average Bonchev–Trinajstić information content (AvgIpc) is 3.30. The van der Waals surface area contributed by atoms with E-state index < -0.39 is 0 Å². The van der Waals surface area contributed by atoms with Crippen LogP contribution in [0.5, 0.6) is 0 Å². The van der Waals surface area contributed by atoms with Gasteiger partial charge in [0.05, 0.1) is 25.2 Å². The maximum absolute atomic E-state index is 12.9. The van der Waals surface area contributed by atoms with Crippen LogP contribution >= 0.6 is 0 Å². The molecular formula is C22H21FN2O3. The van der Waals surface area contributed by atoms with Crippen molar-refractivity contribution in [3.05, 3.63) is 71.5 Å². The summed E-state index contributed by atoms with van der Waals surface area (Å²) in [4.78, 5) is 12.2. The van der Waals surface area contributed by atoms with Crippen molar-refractivity contribution in [1.82, 2.24) is 10.6 Å². The number of carbonyl (C=O) groups is 1. The van der Waals surface area contributed by atoms with Crippen molar-refractivity contribution in [3.63, 3.8) is 0 Å². The Hall–Kier alpha value is -2.88. The summed E-state index contributed by atoms with van der Waals surface area (Å²) in [6.45, 7) is 1.20. The Morgan fingerprint density at radius 1 is 1.04 bits per heavy atom. The summed E-state index contributed by atoms with van der Waals surface area (Å²) in [7, 11) is 0. The van der Waals surface area contributed by atoms with E-state index in [1.165, 1.54) is 12.1 Å². The minimum Gasteiger partial charge on any atom is -0.372 e. The van der Waals surface area contributed by atoms with Gasteiger partial charge in [0, 0.05) is 12.1 Å². The van der Waals surface area contributed by atoms with E-state index >= 15 is 0 Å². The van der Waals surface area contributed by atoms with E-state index in [2.05, 4.69) is 22.5 Å². The number of halogens is 1. The first-order valence-corrected chi connectivity index (χ1v) is 9.27. The zero-order chi connectivity index (χ0) is 19.3. The molecule has 2 N–H and O–H groups in total. The van der Waals surface area contributed by atoms with E-state index in [-0.39, 0.29) is 36.0 Å².